The lowest BCUT2D eigenvalue weighted by molar-refractivity contribution is -0.133. The summed E-state index contributed by atoms with van der Waals surface area (Å²) in [5.74, 6) is -2.72. The Morgan fingerprint density at radius 3 is 2.33 bits per heavy atom. The van der Waals surface area contributed by atoms with Gasteiger partial charge in [0.05, 0.1) is 12.0 Å². The van der Waals surface area contributed by atoms with Crippen molar-refractivity contribution in [2.75, 3.05) is 26.2 Å². The summed E-state index contributed by atoms with van der Waals surface area (Å²) >= 11 is 0. The molecule has 5 heteroatoms. The Bertz CT molecular complexity index is 311. The maximum absolute atomic E-state index is 13.7. The molecule has 0 unspecified atom stereocenters. The molecule has 3 aliphatic rings. The van der Waals surface area contributed by atoms with Crippen LogP contribution in [0.4, 0.5) is 8.78 Å². The van der Waals surface area contributed by atoms with Crippen molar-refractivity contribution in [2.45, 2.75) is 18.8 Å². The third-order valence-corrected chi connectivity index (χ3v) is 3.82. The van der Waals surface area contributed by atoms with E-state index >= 15 is 0 Å². The van der Waals surface area contributed by atoms with Crippen LogP contribution in [0.5, 0.6) is 0 Å². The molecule has 0 bridgehead atoms. The standard InChI is InChI=1S/C10H14F2N2O/c11-10(12)6-14(8(15)7-1-2-7)5-9(10)3-13-4-9/h7,13H,1-6H2. The number of rotatable bonds is 1. The zero-order chi connectivity index (χ0) is 10.7. The quantitative estimate of drug-likeness (QED) is 0.690. The first-order valence-corrected chi connectivity index (χ1v) is 5.41. The van der Waals surface area contributed by atoms with E-state index < -0.39 is 11.3 Å². The lowest BCUT2D eigenvalue weighted by Gasteiger charge is -2.42. The molecule has 1 aliphatic carbocycles. The van der Waals surface area contributed by atoms with E-state index in [1.54, 1.807) is 0 Å². The molecule has 1 amide bonds. The molecule has 1 spiro atoms. The number of carbonyl (C=O) groups is 1. The molecule has 2 heterocycles. The highest BCUT2D eigenvalue weighted by atomic mass is 19.3. The van der Waals surface area contributed by atoms with E-state index in [0.717, 1.165) is 12.8 Å². The van der Waals surface area contributed by atoms with Crippen LogP contribution < -0.4 is 5.32 Å². The van der Waals surface area contributed by atoms with Gasteiger partial charge in [-0.25, -0.2) is 8.78 Å². The van der Waals surface area contributed by atoms with Crippen LogP contribution in [0.25, 0.3) is 0 Å². The van der Waals surface area contributed by atoms with Crippen molar-refractivity contribution in [2.24, 2.45) is 11.3 Å². The van der Waals surface area contributed by atoms with Crippen LogP contribution in [0, 0.1) is 11.3 Å². The van der Waals surface area contributed by atoms with Gasteiger partial charge in [-0.3, -0.25) is 4.79 Å². The molecule has 1 saturated carbocycles. The molecular weight excluding hydrogens is 202 g/mol. The Hall–Kier alpha value is -0.710. The van der Waals surface area contributed by atoms with Gasteiger partial charge in [-0.2, -0.15) is 0 Å². The number of alkyl halides is 2. The second-order valence-corrected chi connectivity index (χ2v) is 5.06. The van der Waals surface area contributed by atoms with Crippen molar-refractivity contribution in [3.63, 3.8) is 0 Å². The second-order valence-electron chi connectivity index (χ2n) is 5.06. The third kappa shape index (κ3) is 1.22. The number of likely N-dealkylation sites (tertiary alicyclic amines) is 1. The largest absolute Gasteiger partial charge is 0.336 e. The monoisotopic (exact) mass is 216 g/mol. The zero-order valence-electron chi connectivity index (χ0n) is 8.43. The Kier molecular flexibility index (Phi) is 1.71. The van der Waals surface area contributed by atoms with Crippen LogP contribution in [-0.4, -0.2) is 42.9 Å². The predicted molar refractivity (Wildman–Crippen MR) is 49.6 cm³/mol. The topological polar surface area (TPSA) is 32.3 Å². The van der Waals surface area contributed by atoms with Crippen LogP contribution in [0.15, 0.2) is 0 Å². The summed E-state index contributed by atoms with van der Waals surface area (Å²) in [7, 11) is 0. The van der Waals surface area contributed by atoms with E-state index in [0.29, 0.717) is 13.1 Å². The van der Waals surface area contributed by atoms with Gasteiger partial charge in [-0.15, -0.1) is 0 Å². The first-order chi connectivity index (χ1) is 7.04. The van der Waals surface area contributed by atoms with Crippen LogP contribution in [0.2, 0.25) is 0 Å². The summed E-state index contributed by atoms with van der Waals surface area (Å²) in [5, 5.41) is 2.89. The molecule has 0 aromatic carbocycles. The van der Waals surface area contributed by atoms with E-state index in [1.807, 2.05) is 0 Å². The van der Waals surface area contributed by atoms with Crippen LogP contribution in [0.1, 0.15) is 12.8 Å². The van der Waals surface area contributed by atoms with E-state index in [1.165, 1.54) is 4.90 Å². The van der Waals surface area contributed by atoms with Crippen molar-refractivity contribution in [3.8, 4) is 0 Å². The van der Waals surface area contributed by atoms with Gasteiger partial charge in [0.1, 0.15) is 0 Å². The Balaban J connectivity index is 1.77. The number of hydrogen-bond donors (Lipinski definition) is 1. The third-order valence-electron chi connectivity index (χ3n) is 3.82. The lowest BCUT2D eigenvalue weighted by atomic mass is 9.78. The smallest absolute Gasteiger partial charge is 0.274 e. The van der Waals surface area contributed by atoms with Gasteiger partial charge in [-0.05, 0) is 12.8 Å². The number of hydrogen-bond acceptors (Lipinski definition) is 2. The normalized spacial score (nSPS) is 31.7. The average molecular weight is 216 g/mol. The minimum atomic E-state index is -2.71. The maximum atomic E-state index is 13.7. The van der Waals surface area contributed by atoms with Gasteiger partial charge >= 0.3 is 0 Å². The number of carbonyl (C=O) groups excluding carboxylic acids is 1. The van der Waals surface area contributed by atoms with Gasteiger partial charge in [0, 0.05) is 25.6 Å². The van der Waals surface area contributed by atoms with Gasteiger partial charge in [0.15, 0.2) is 0 Å². The second kappa shape index (κ2) is 2.70. The van der Waals surface area contributed by atoms with Crippen molar-refractivity contribution in [3.05, 3.63) is 0 Å². The first kappa shape index (κ1) is 9.51. The fraction of sp³-hybridized carbons (Fsp3) is 0.900. The number of halogens is 2. The number of nitrogens with one attached hydrogen (secondary N) is 1. The molecule has 0 atom stereocenters. The average Bonchev–Trinajstić information content (AvgIpc) is 2.86. The summed E-state index contributed by atoms with van der Waals surface area (Å²) in [4.78, 5) is 13.1. The van der Waals surface area contributed by atoms with Gasteiger partial charge < -0.3 is 10.2 Å². The minimum absolute atomic E-state index is 0.0454. The fourth-order valence-corrected chi connectivity index (χ4v) is 2.49. The van der Waals surface area contributed by atoms with Crippen LogP contribution in [0.3, 0.4) is 0 Å². The first-order valence-electron chi connectivity index (χ1n) is 5.41. The molecule has 3 nitrogen and oxygen atoms in total. The maximum Gasteiger partial charge on any atom is 0.274 e. The molecule has 0 aromatic heterocycles. The molecule has 0 aromatic rings. The van der Waals surface area contributed by atoms with Crippen molar-refractivity contribution < 1.29 is 13.6 Å². The SMILES string of the molecule is O=C(C1CC1)N1CC(F)(F)C2(CNC2)C1. The van der Waals surface area contributed by atoms with Crippen molar-refractivity contribution in [1.82, 2.24) is 10.2 Å². The van der Waals surface area contributed by atoms with E-state index in [9.17, 15) is 13.6 Å². The highest BCUT2D eigenvalue weighted by molar-refractivity contribution is 5.81. The Labute approximate surface area is 86.8 Å². The van der Waals surface area contributed by atoms with E-state index in [2.05, 4.69) is 5.32 Å². The Morgan fingerprint density at radius 2 is 1.93 bits per heavy atom. The molecule has 3 rings (SSSR count). The molecule has 15 heavy (non-hydrogen) atoms. The van der Waals surface area contributed by atoms with Crippen molar-refractivity contribution in [1.29, 1.82) is 0 Å². The summed E-state index contributed by atoms with van der Waals surface area (Å²) in [6.07, 6.45) is 1.76. The predicted octanol–water partition coefficient (Wildman–Crippen LogP) is 0.464. The van der Waals surface area contributed by atoms with Gasteiger partial charge in [0.2, 0.25) is 5.91 Å². The Morgan fingerprint density at radius 1 is 1.27 bits per heavy atom. The van der Waals surface area contributed by atoms with Crippen LogP contribution >= 0.6 is 0 Å². The fourth-order valence-electron chi connectivity index (χ4n) is 2.49. The molecule has 2 aliphatic heterocycles. The highest BCUT2D eigenvalue weighted by Crippen LogP contribution is 2.47. The van der Waals surface area contributed by atoms with Gasteiger partial charge in [0.25, 0.3) is 5.92 Å². The molecule has 3 fully saturated rings. The summed E-state index contributed by atoms with van der Waals surface area (Å²) in [6.45, 7) is 0.551. The number of nitrogens with zero attached hydrogens (tertiary/aromatic N) is 1. The van der Waals surface area contributed by atoms with Gasteiger partial charge in [-0.1, -0.05) is 0 Å². The summed E-state index contributed by atoms with van der Waals surface area (Å²) in [6, 6.07) is 0. The molecule has 2 saturated heterocycles. The van der Waals surface area contributed by atoms with E-state index in [-0.39, 0.29) is 24.9 Å². The highest BCUT2D eigenvalue weighted by Gasteiger charge is 2.64. The molecular formula is C10H14F2N2O. The molecule has 0 radical (unpaired) electrons. The van der Waals surface area contributed by atoms with E-state index in [4.69, 9.17) is 0 Å². The van der Waals surface area contributed by atoms with Crippen molar-refractivity contribution >= 4 is 5.91 Å². The number of amides is 1. The molecule has 84 valence electrons. The summed E-state index contributed by atoms with van der Waals surface area (Å²) in [5.41, 5.74) is -0.961. The van der Waals surface area contributed by atoms with Crippen LogP contribution in [-0.2, 0) is 4.79 Å². The summed E-state index contributed by atoms with van der Waals surface area (Å²) < 4.78 is 27.4. The minimum Gasteiger partial charge on any atom is -0.336 e. The molecule has 1 N–H and O–H groups in total. The zero-order valence-corrected chi connectivity index (χ0v) is 8.43. The lowest BCUT2D eigenvalue weighted by Crippen LogP contribution is -2.62.